The molecular weight excluding hydrogens is 260 g/mol. The monoisotopic (exact) mass is 282 g/mol. The molecule has 2 nitrogen and oxygen atoms in total. The molecule has 0 heterocycles. The van der Waals surface area contributed by atoms with Crippen molar-refractivity contribution < 1.29 is 9.90 Å². The van der Waals surface area contributed by atoms with Gasteiger partial charge in [0.25, 0.3) is 0 Å². The van der Waals surface area contributed by atoms with E-state index in [0.717, 1.165) is 24.0 Å². The first kappa shape index (κ1) is 15.3. The predicted octanol–water partition coefficient (Wildman–Crippen LogP) is 4.44. The van der Waals surface area contributed by atoms with Gasteiger partial charge in [-0.15, -0.1) is 0 Å². The summed E-state index contributed by atoms with van der Waals surface area (Å²) in [6.07, 6.45) is 3.11. The Kier molecular flexibility index (Phi) is 5.15. The van der Waals surface area contributed by atoms with E-state index in [1.165, 1.54) is 0 Å². The van der Waals surface area contributed by atoms with Gasteiger partial charge >= 0.3 is 5.97 Å². The number of rotatable bonds is 7. The van der Waals surface area contributed by atoms with Gasteiger partial charge in [-0.05, 0) is 24.0 Å². The van der Waals surface area contributed by atoms with E-state index >= 15 is 0 Å². The average molecular weight is 282 g/mol. The van der Waals surface area contributed by atoms with Crippen LogP contribution in [0.25, 0.3) is 0 Å². The maximum atomic E-state index is 12.1. The summed E-state index contributed by atoms with van der Waals surface area (Å²) in [6, 6.07) is 19.5. The zero-order valence-corrected chi connectivity index (χ0v) is 12.5. The Morgan fingerprint density at radius 2 is 1.57 bits per heavy atom. The molecule has 0 bridgehead atoms. The number of hydrogen-bond acceptors (Lipinski definition) is 1. The molecule has 1 N–H and O–H groups in total. The Balaban J connectivity index is 2.43. The van der Waals surface area contributed by atoms with Crippen molar-refractivity contribution in [1.82, 2.24) is 0 Å². The van der Waals surface area contributed by atoms with E-state index in [1.54, 1.807) is 0 Å². The van der Waals surface area contributed by atoms with E-state index in [2.05, 4.69) is 6.92 Å². The lowest BCUT2D eigenvalue weighted by molar-refractivity contribution is -0.144. The lowest BCUT2D eigenvalue weighted by Crippen LogP contribution is -2.38. The fraction of sp³-hybridized carbons (Fsp3) is 0.316. The highest BCUT2D eigenvalue weighted by molar-refractivity contribution is 5.82. The molecule has 0 aliphatic carbocycles. The molecule has 0 saturated heterocycles. The van der Waals surface area contributed by atoms with E-state index in [1.807, 2.05) is 60.7 Å². The number of carboxylic acid groups (broad SMARTS) is 1. The first-order valence-electron chi connectivity index (χ1n) is 7.52. The fourth-order valence-corrected chi connectivity index (χ4v) is 2.82. The van der Waals surface area contributed by atoms with Crippen LogP contribution in [-0.2, 0) is 16.6 Å². The molecule has 0 aromatic heterocycles. The van der Waals surface area contributed by atoms with Crippen molar-refractivity contribution in [2.75, 3.05) is 0 Å². The first-order chi connectivity index (χ1) is 10.2. The zero-order valence-electron chi connectivity index (χ0n) is 12.5. The second kappa shape index (κ2) is 7.07. The third kappa shape index (κ3) is 3.52. The molecular formula is C19H22O2. The van der Waals surface area contributed by atoms with Gasteiger partial charge in [-0.25, -0.2) is 0 Å². The van der Waals surface area contributed by atoms with Crippen LogP contribution >= 0.6 is 0 Å². The summed E-state index contributed by atoms with van der Waals surface area (Å²) in [7, 11) is 0. The third-order valence-corrected chi connectivity index (χ3v) is 4.04. The molecule has 1 atom stereocenters. The van der Waals surface area contributed by atoms with Crippen LogP contribution in [0.4, 0.5) is 0 Å². The standard InChI is InChI=1S/C19H22O2/c1-2-3-14-19(18(20)21,17-12-8-5-9-13-17)15-16-10-6-4-7-11-16/h4-13H,2-3,14-15H2,1H3,(H,20,21). The van der Waals surface area contributed by atoms with Crippen LogP contribution in [0.15, 0.2) is 60.7 Å². The van der Waals surface area contributed by atoms with E-state index in [9.17, 15) is 9.90 Å². The Morgan fingerprint density at radius 1 is 1.00 bits per heavy atom. The molecule has 0 amide bonds. The molecule has 0 saturated carbocycles. The fourth-order valence-electron chi connectivity index (χ4n) is 2.82. The molecule has 0 aliphatic rings. The largest absolute Gasteiger partial charge is 0.481 e. The molecule has 2 aromatic carbocycles. The molecule has 2 rings (SSSR count). The Labute approximate surface area is 126 Å². The van der Waals surface area contributed by atoms with Crippen LogP contribution in [0, 0.1) is 0 Å². The summed E-state index contributed by atoms with van der Waals surface area (Å²) in [6.45, 7) is 2.10. The number of aliphatic carboxylic acids is 1. The van der Waals surface area contributed by atoms with Crippen LogP contribution in [0.3, 0.4) is 0 Å². The summed E-state index contributed by atoms with van der Waals surface area (Å²) < 4.78 is 0. The zero-order chi connectivity index (χ0) is 15.1. The summed E-state index contributed by atoms with van der Waals surface area (Å²) >= 11 is 0. The number of carbonyl (C=O) groups is 1. The quantitative estimate of drug-likeness (QED) is 0.815. The second-order valence-electron chi connectivity index (χ2n) is 5.52. The van der Waals surface area contributed by atoms with Gasteiger partial charge in [0.1, 0.15) is 0 Å². The van der Waals surface area contributed by atoms with Gasteiger partial charge in [-0.3, -0.25) is 4.79 Å². The van der Waals surface area contributed by atoms with Crippen molar-refractivity contribution in [2.45, 2.75) is 38.0 Å². The van der Waals surface area contributed by atoms with Gasteiger partial charge < -0.3 is 5.11 Å². The SMILES string of the molecule is CCCCC(Cc1ccccc1)(C(=O)O)c1ccccc1. The highest BCUT2D eigenvalue weighted by Crippen LogP contribution is 2.34. The van der Waals surface area contributed by atoms with Gasteiger partial charge in [-0.1, -0.05) is 80.4 Å². The normalized spacial score (nSPS) is 13.6. The molecule has 2 aromatic rings. The smallest absolute Gasteiger partial charge is 0.314 e. The molecule has 0 fully saturated rings. The van der Waals surface area contributed by atoms with Crippen molar-refractivity contribution in [2.24, 2.45) is 0 Å². The molecule has 0 aliphatic heterocycles. The molecule has 2 heteroatoms. The molecule has 1 unspecified atom stereocenters. The number of unbranched alkanes of at least 4 members (excludes halogenated alkanes) is 1. The van der Waals surface area contributed by atoms with Gasteiger partial charge in [-0.2, -0.15) is 0 Å². The van der Waals surface area contributed by atoms with Crippen LogP contribution in [0.2, 0.25) is 0 Å². The summed E-state index contributed by atoms with van der Waals surface area (Å²) in [4.78, 5) is 12.1. The summed E-state index contributed by atoms with van der Waals surface area (Å²) in [5.74, 6) is -0.731. The number of carboxylic acids is 1. The number of hydrogen-bond donors (Lipinski definition) is 1. The van der Waals surface area contributed by atoms with Crippen LogP contribution < -0.4 is 0 Å². The Morgan fingerprint density at radius 3 is 2.10 bits per heavy atom. The highest BCUT2D eigenvalue weighted by atomic mass is 16.4. The van der Waals surface area contributed by atoms with Crippen molar-refractivity contribution in [1.29, 1.82) is 0 Å². The van der Waals surface area contributed by atoms with Crippen LogP contribution in [0.1, 0.15) is 37.3 Å². The van der Waals surface area contributed by atoms with E-state index in [-0.39, 0.29) is 0 Å². The molecule has 21 heavy (non-hydrogen) atoms. The lowest BCUT2D eigenvalue weighted by atomic mass is 9.72. The van der Waals surface area contributed by atoms with E-state index in [4.69, 9.17) is 0 Å². The minimum atomic E-state index is -0.835. The minimum absolute atomic E-state index is 0.535. The van der Waals surface area contributed by atoms with E-state index in [0.29, 0.717) is 12.8 Å². The van der Waals surface area contributed by atoms with Gasteiger partial charge in [0, 0.05) is 0 Å². The lowest BCUT2D eigenvalue weighted by Gasteiger charge is -2.30. The topological polar surface area (TPSA) is 37.3 Å². The van der Waals surface area contributed by atoms with E-state index < -0.39 is 11.4 Å². The summed E-state index contributed by atoms with van der Waals surface area (Å²) in [5, 5.41) is 9.97. The van der Waals surface area contributed by atoms with Gasteiger partial charge in [0.2, 0.25) is 0 Å². The first-order valence-corrected chi connectivity index (χ1v) is 7.52. The van der Waals surface area contributed by atoms with Crippen molar-refractivity contribution in [3.63, 3.8) is 0 Å². The third-order valence-electron chi connectivity index (χ3n) is 4.04. The Hall–Kier alpha value is -2.09. The predicted molar refractivity (Wildman–Crippen MR) is 85.4 cm³/mol. The maximum Gasteiger partial charge on any atom is 0.314 e. The Bertz CT molecular complexity index is 563. The average Bonchev–Trinajstić information content (AvgIpc) is 2.53. The van der Waals surface area contributed by atoms with Crippen LogP contribution in [0.5, 0.6) is 0 Å². The van der Waals surface area contributed by atoms with Crippen molar-refractivity contribution in [3.05, 3.63) is 71.8 Å². The summed E-state index contributed by atoms with van der Waals surface area (Å²) in [5.41, 5.74) is 1.13. The van der Waals surface area contributed by atoms with Gasteiger partial charge in [0.15, 0.2) is 0 Å². The van der Waals surface area contributed by atoms with Gasteiger partial charge in [0.05, 0.1) is 5.41 Å². The second-order valence-corrected chi connectivity index (χ2v) is 5.52. The molecule has 0 radical (unpaired) electrons. The van der Waals surface area contributed by atoms with Crippen molar-refractivity contribution >= 4 is 5.97 Å². The van der Waals surface area contributed by atoms with Crippen molar-refractivity contribution in [3.8, 4) is 0 Å². The highest BCUT2D eigenvalue weighted by Gasteiger charge is 2.39. The molecule has 0 spiro atoms. The minimum Gasteiger partial charge on any atom is -0.481 e. The molecule has 110 valence electrons. The number of benzene rings is 2. The maximum absolute atomic E-state index is 12.1. The van der Waals surface area contributed by atoms with Crippen LogP contribution in [-0.4, -0.2) is 11.1 Å².